The van der Waals surface area contributed by atoms with E-state index in [0.29, 0.717) is 0 Å². The van der Waals surface area contributed by atoms with Crippen LogP contribution in [0.1, 0.15) is 58.8 Å². The summed E-state index contributed by atoms with van der Waals surface area (Å²) in [5.41, 5.74) is -0.648. The van der Waals surface area contributed by atoms with Gasteiger partial charge < -0.3 is 5.11 Å². The Labute approximate surface area is 82.9 Å². The normalized spacial score (nSPS) is 15.3. The zero-order valence-electron chi connectivity index (χ0n) is 9.18. The van der Waals surface area contributed by atoms with Crippen molar-refractivity contribution in [3.63, 3.8) is 0 Å². The van der Waals surface area contributed by atoms with Crippen molar-refractivity contribution in [2.45, 2.75) is 64.4 Å². The van der Waals surface area contributed by atoms with Gasteiger partial charge in [0.2, 0.25) is 0 Å². The quantitative estimate of drug-likeness (QED) is 0.451. The highest BCUT2D eigenvalue weighted by atomic mass is 16.3. The summed E-state index contributed by atoms with van der Waals surface area (Å²) in [5.74, 6) is 0. The van der Waals surface area contributed by atoms with Crippen LogP contribution in [0.4, 0.5) is 0 Å². The van der Waals surface area contributed by atoms with Gasteiger partial charge in [-0.2, -0.15) is 0 Å². The lowest BCUT2D eigenvalue weighted by atomic mass is 9.98. The first kappa shape index (κ1) is 12.7. The van der Waals surface area contributed by atoms with Crippen molar-refractivity contribution in [2.24, 2.45) is 0 Å². The van der Waals surface area contributed by atoms with E-state index in [2.05, 4.69) is 13.5 Å². The molecule has 0 aromatic rings. The van der Waals surface area contributed by atoms with E-state index in [-0.39, 0.29) is 0 Å². The van der Waals surface area contributed by atoms with E-state index in [9.17, 15) is 5.11 Å². The van der Waals surface area contributed by atoms with Gasteiger partial charge in [0.25, 0.3) is 0 Å². The van der Waals surface area contributed by atoms with Crippen LogP contribution < -0.4 is 0 Å². The first-order valence-corrected chi connectivity index (χ1v) is 5.48. The van der Waals surface area contributed by atoms with Crippen molar-refractivity contribution >= 4 is 0 Å². The molecule has 0 bridgehead atoms. The summed E-state index contributed by atoms with van der Waals surface area (Å²) >= 11 is 0. The van der Waals surface area contributed by atoms with Crippen molar-refractivity contribution in [2.75, 3.05) is 0 Å². The minimum atomic E-state index is -0.648. The molecule has 78 valence electrons. The molecule has 13 heavy (non-hydrogen) atoms. The molecule has 0 aliphatic heterocycles. The molecule has 0 spiro atoms. The number of aliphatic hydroxyl groups is 1. The molecule has 0 aromatic heterocycles. The molecule has 0 aliphatic rings. The Morgan fingerprint density at radius 1 is 1.15 bits per heavy atom. The molecule has 0 aliphatic carbocycles. The number of rotatable bonds is 8. The van der Waals surface area contributed by atoms with Gasteiger partial charge in [-0.05, 0) is 13.3 Å². The van der Waals surface area contributed by atoms with Crippen LogP contribution in [0.15, 0.2) is 12.7 Å². The van der Waals surface area contributed by atoms with Crippen LogP contribution in [0.3, 0.4) is 0 Å². The molecule has 1 atom stereocenters. The fourth-order valence-corrected chi connectivity index (χ4v) is 1.37. The summed E-state index contributed by atoms with van der Waals surface area (Å²) in [6, 6.07) is 0. The lowest BCUT2D eigenvalue weighted by Gasteiger charge is -2.17. The van der Waals surface area contributed by atoms with Crippen molar-refractivity contribution < 1.29 is 5.11 Å². The second kappa shape index (κ2) is 7.14. The third kappa shape index (κ3) is 8.04. The molecule has 1 unspecified atom stereocenters. The maximum absolute atomic E-state index is 9.61. The fraction of sp³-hybridized carbons (Fsp3) is 0.833. The SMILES string of the molecule is C=CC(C)(O)CCCCCCCC. The van der Waals surface area contributed by atoms with Crippen molar-refractivity contribution in [1.82, 2.24) is 0 Å². The molecule has 0 rings (SSSR count). The van der Waals surface area contributed by atoms with E-state index in [1.54, 1.807) is 6.08 Å². The fourth-order valence-electron chi connectivity index (χ4n) is 1.37. The lowest BCUT2D eigenvalue weighted by molar-refractivity contribution is 0.0988. The predicted octanol–water partition coefficient (Wildman–Crippen LogP) is 3.67. The average Bonchev–Trinajstić information content (AvgIpc) is 2.11. The zero-order valence-corrected chi connectivity index (χ0v) is 9.18. The highest BCUT2D eigenvalue weighted by Gasteiger charge is 2.13. The van der Waals surface area contributed by atoms with E-state index >= 15 is 0 Å². The Balaban J connectivity index is 3.20. The van der Waals surface area contributed by atoms with Crippen LogP contribution >= 0.6 is 0 Å². The lowest BCUT2D eigenvalue weighted by Crippen LogP contribution is -2.19. The van der Waals surface area contributed by atoms with Crippen LogP contribution in [0.25, 0.3) is 0 Å². The number of hydrogen-bond donors (Lipinski definition) is 1. The summed E-state index contributed by atoms with van der Waals surface area (Å²) in [4.78, 5) is 0. The van der Waals surface area contributed by atoms with Crippen LogP contribution in [-0.4, -0.2) is 10.7 Å². The predicted molar refractivity (Wildman–Crippen MR) is 58.8 cm³/mol. The van der Waals surface area contributed by atoms with Crippen LogP contribution in [-0.2, 0) is 0 Å². The second-order valence-corrected chi connectivity index (χ2v) is 4.08. The Morgan fingerprint density at radius 3 is 2.23 bits per heavy atom. The molecule has 0 aromatic carbocycles. The molecule has 1 heteroatoms. The van der Waals surface area contributed by atoms with Gasteiger partial charge in [-0.3, -0.25) is 0 Å². The standard InChI is InChI=1S/C12H24O/c1-4-6-7-8-9-10-11-12(3,13)5-2/h5,13H,2,4,6-11H2,1,3H3. The van der Waals surface area contributed by atoms with Gasteiger partial charge in [0, 0.05) is 0 Å². The maximum Gasteiger partial charge on any atom is 0.0797 e. The van der Waals surface area contributed by atoms with Gasteiger partial charge in [-0.15, -0.1) is 6.58 Å². The number of hydrogen-bond acceptors (Lipinski definition) is 1. The van der Waals surface area contributed by atoms with Crippen molar-refractivity contribution in [1.29, 1.82) is 0 Å². The molecule has 1 nitrogen and oxygen atoms in total. The highest BCUT2D eigenvalue weighted by Crippen LogP contribution is 2.16. The second-order valence-electron chi connectivity index (χ2n) is 4.08. The highest BCUT2D eigenvalue weighted by molar-refractivity contribution is 4.91. The van der Waals surface area contributed by atoms with Gasteiger partial charge in [-0.1, -0.05) is 51.5 Å². The third-order valence-electron chi connectivity index (χ3n) is 2.48. The van der Waals surface area contributed by atoms with Crippen molar-refractivity contribution in [3.8, 4) is 0 Å². The summed E-state index contributed by atoms with van der Waals surface area (Å²) in [6.07, 6.45) is 10.1. The molecule has 0 fully saturated rings. The summed E-state index contributed by atoms with van der Waals surface area (Å²) in [5, 5.41) is 9.61. The average molecular weight is 184 g/mol. The summed E-state index contributed by atoms with van der Waals surface area (Å²) in [7, 11) is 0. The molecule has 0 saturated heterocycles. The van der Waals surface area contributed by atoms with E-state index in [1.807, 2.05) is 6.92 Å². The Bertz CT molecular complexity index is 127. The minimum Gasteiger partial charge on any atom is -0.386 e. The topological polar surface area (TPSA) is 20.2 Å². The zero-order chi connectivity index (χ0) is 10.2. The molecule has 0 amide bonds. The summed E-state index contributed by atoms with van der Waals surface area (Å²) in [6.45, 7) is 7.66. The van der Waals surface area contributed by atoms with E-state index in [1.165, 1.54) is 32.1 Å². The van der Waals surface area contributed by atoms with Gasteiger partial charge in [0.15, 0.2) is 0 Å². The molecule has 0 heterocycles. The maximum atomic E-state index is 9.61. The van der Waals surface area contributed by atoms with E-state index in [0.717, 1.165) is 12.8 Å². The smallest absolute Gasteiger partial charge is 0.0797 e. The molecule has 0 radical (unpaired) electrons. The van der Waals surface area contributed by atoms with Crippen LogP contribution in [0.5, 0.6) is 0 Å². The molecule has 1 N–H and O–H groups in total. The van der Waals surface area contributed by atoms with E-state index < -0.39 is 5.60 Å². The first-order valence-electron chi connectivity index (χ1n) is 5.48. The summed E-state index contributed by atoms with van der Waals surface area (Å²) < 4.78 is 0. The van der Waals surface area contributed by atoms with Gasteiger partial charge in [-0.25, -0.2) is 0 Å². The Kier molecular flexibility index (Phi) is 6.97. The minimum absolute atomic E-state index is 0.648. The van der Waals surface area contributed by atoms with Gasteiger partial charge in [0.05, 0.1) is 5.60 Å². The van der Waals surface area contributed by atoms with Gasteiger partial charge >= 0.3 is 0 Å². The number of unbranched alkanes of at least 4 members (excludes halogenated alkanes) is 5. The Hall–Kier alpha value is -0.300. The van der Waals surface area contributed by atoms with Gasteiger partial charge in [0.1, 0.15) is 0 Å². The molecular formula is C12H24O. The van der Waals surface area contributed by atoms with Crippen LogP contribution in [0.2, 0.25) is 0 Å². The molecule has 0 saturated carbocycles. The third-order valence-corrected chi connectivity index (χ3v) is 2.48. The molecular weight excluding hydrogens is 160 g/mol. The largest absolute Gasteiger partial charge is 0.386 e. The monoisotopic (exact) mass is 184 g/mol. The van der Waals surface area contributed by atoms with E-state index in [4.69, 9.17) is 0 Å². The Morgan fingerprint density at radius 2 is 1.69 bits per heavy atom. The van der Waals surface area contributed by atoms with Crippen molar-refractivity contribution in [3.05, 3.63) is 12.7 Å². The first-order chi connectivity index (χ1) is 6.12. The van der Waals surface area contributed by atoms with Crippen LogP contribution in [0, 0.1) is 0 Å².